The number of halogens is 1. The SMILES string of the molecule is C=Cc1c(C(=C)F)oc2cc3ccccc3cc2c1=O. The first-order chi connectivity index (χ1) is 9.61. The maximum atomic E-state index is 13.4. The first kappa shape index (κ1) is 12.4. The van der Waals surface area contributed by atoms with Gasteiger partial charge in [0.1, 0.15) is 5.58 Å². The van der Waals surface area contributed by atoms with Crippen molar-refractivity contribution in [2.45, 2.75) is 0 Å². The molecule has 0 radical (unpaired) electrons. The predicted molar refractivity (Wildman–Crippen MR) is 80.2 cm³/mol. The van der Waals surface area contributed by atoms with Crippen molar-refractivity contribution < 1.29 is 8.81 Å². The van der Waals surface area contributed by atoms with E-state index in [2.05, 4.69) is 13.2 Å². The molecule has 0 bridgehead atoms. The lowest BCUT2D eigenvalue weighted by atomic mass is 10.0. The van der Waals surface area contributed by atoms with Crippen LogP contribution in [0, 0.1) is 0 Å². The zero-order valence-corrected chi connectivity index (χ0v) is 10.7. The highest BCUT2D eigenvalue weighted by Gasteiger charge is 2.15. The molecule has 0 N–H and O–H groups in total. The van der Waals surface area contributed by atoms with Crippen LogP contribution in [0.15, 0.2) is 58.8 Å². The van der Waals surface area contributed by atoms with Crippen LogP contribution in [0.25, 0.3) is 33.6 Å². The van der Waals surface area contributed by atoms with Crippen molar-refractivity contribution in [3.8, 4) is 0 Å². The van der Waals surface area contributed by atoms with Gasteiger partial charge in [0.25, 0.3) is 0 Å². The molecule has 1 heterocycles. The van der Waals surface area contributed by atoms with E-state index in [4.69, 9.17) is 4.42 Å². The van der Waals surface area contributed by atoms with Crippen LogP contribution in [0.5, 0.6) is 0 Å². The smallest absolute Gasteiger partial charge is 0.200 e. The van der Waals surface area contributed by atoms with Gasteiger partial charge in [-0.15, -0.1) is 0 Å². The normalized spacial score (nSPS) is 10.8. The number of hydrogen-bond acceptors (Lipinski definition) is 2. The molecule has 0 saturated carbocycles. The summed E-state index contributed by atoms with van der Waals surface area (Å²) in [6.45, 7) is 6.73. The number of hydrogen-bond donors (Lipinski definition) is 0. The van der Waals surface area contributed by atoms with Crippen molar-refractivity contribution in [3.05, 3.63) is 71.1 Å². The van der Waals surface area contributed by atoms with Gasteiger partial charge < -0.3 is 4.42 Å². The Morgan fingerprint density at radius 2 is 1.85 bits per heavy atom. The lowest BCUT2D eigenvalue weighted by Gasteiger charge is -2.06. The summed E-state index contributed by atoms with van der Waals surface area (Å²) in [4.78, 5) is 12.4. The molecule has 20 heavy (non-hydrogen) atoms. The van der Waals surface area contributed by atoms with Gasteiger partial charge in [-0.1, -0.05) is 43.5 Å². The van der Waals surface area contributed by atoms with Gasteiger partial charge in [0.15, 0.2) is 11.6 Å². The van der Waals surface area contributed by atoms with E-state index < -0.39 is 5.83 Å². The van der Waals surface area contributed by atoms with Crippen molar-refractivity contribution in [1.82, 2.24) is 0 Å². The summed E-state index contributed by atoms with van der Waals surface area (Å²) in [6, 6.07) is 11.1. The molecule has 0 unspecified atom stereocenters. The van der Waals surface area contributed by atoms with E-state index in [1.165, 1.54) is 6.08 Å². The fraction of sp³-hybridized carbons (Fsp3) is 0. The van der Waals surface area contributed by atoms with Crippen LogP contribution >= 0.6 is 0 Å². The molecule has 3 rings (SSSR count). The Kier molecular flexibility index (Phi) is 2.75. The summed E-state index contributed by atoms with van der Waals surface area (Å²) in [5, 5.41) is 2.25. The van der Waals surface area contributed by atoms with Crippen molar-refractivity contribution in [2.75, 3.05) is 0 Å². The molecule has 0 amide bonds. The monoisotopic (exact) mass is 266 g/mol. The van der Waals surface area contributed by atoms with Crippen molar-refractivity contribution >= 4 is 33.6 Å². The quantitative estimate of drug-likeness (QED) is 0.638. The zero-order valence-electron chi connectivity index (χ0n) is 10.7. The van der Waals surface area contributed by atoms with Crippen LogP contribution in [-0.2, 0) is 0 Å². The second-order valence-electron chi connectivity index (χ2n) is 4.48. The average Bonchev–Trinajstić information content (AvgIpc) is 2.45. The van der Waals surface area contributed by atoms with Crippen LogP contribution in [-0.4, -0.2) is 0 Å². The summed E-state index contributed by atoms with van der Waals surface area (Å²) in [5.41, 5.74) is 0.134. The van der Waals surface area contributed by atoms with Crippen molar-refractivity contribution in [2.24, 2.45) is 0 Å². The van der Waals surface area contributed by atoms with Gasteiger partial charge in [0, 0.05) is 0 Å². The molecule has 0 fully saturated rings. The Morgan fingerprint density at radius 1 is 1.20 bits per heavy atom. The topological polar surface area (TPSA) is 30.2 Å². The van der Waals surface area contributed by atoms with Crippen molar-refractivity contribution in [3.63, 3.8) is 0 Å². The Bertz CT molecular complexity index is 919. The van der Waals surface area contributed by atoms with Gasteiger partial charge in [-0.25, -0.2) is 4.39 Å². The Labute approximate surface area is 114 Å². The van der Waals surface area contributed by atoms with Gasteiger partial charge in [-0.2, -0.15) is 0 Å². The zero-order chi connectivity index (χ0) is 14.3. The molecule has 0 atom stereocenters. The van der Waals surface area contributed by atoms with Gasteiger partial charge >= 0.3 is 0 Å². The minimum Gasteiger partial charge on any atom is -0.453 e. The van der Waals surface area contributed by atoms with E-state index in [-0.39, 0.29) is 16.8 Å². The van der Waals surface area contributed by atoms with Crippen LogP contribution in [0.2, 0.25) is 0 Å². The Hall–Kier alpha value is -2.68. The largest absolute Gasteiger partial charge is 0.453 e. The first-order valence-corrected chi connectivity index (χ1v) is 6.08. The maximum Gasteiger partial charge on any atom is 0.200 e. The van der Waals surface area contributed by atoms with E-state index in [9.17, 15) is 9.18 Å². The third kappa shape index (κ3) is 1.75. The minimum atomic E-state index is -0.785. The van der Waals surface area contributed by atoms with E-state index in [1.807, 2.05) is 24.3 Å². The third-order valence-corrected chi connectivity index (χ3v) is 3.24. The molecule has 0 aliphatic carbocycles. The molecular formula is C17H11FO2. The molecule has 0 spiro atoms. The highest BCUT2D eigenvalue weighted by Crippen LogP contribution is 2.26. The minimum absolute atomic E-state index is 0.0975. The highest BCUT2D eigenvalue weighted by molar-refractivity contribution is 5.96. The lowest BCUT2D eigenvalue weighted by Crippen LogP contribution is -2.08. The summed E-state index contributed by atoms with van der Waals surface area (Å²) < 4.78 is 18.9. The van der Waals surface area contributed by atoms with Crippen LogP contribution in [0.3, 0.4) is 0 Å². The van der Waals surface area contributed by atoms with Crippen LogP contribution in [0.1, 0.15) is 11.3 Å². The second-order valence-corrected chi connectivity index (χ2v) is 4.48. The van der Waals surface area contributed by atoms with E-state index >= 15 is 0 Å². The van der Waals surface area contributed by atoms with Gasteiger partial charge in [0.2, 0.25) is 5.43 Å². The molecule has 0 saturated heterocycles. The summed E-state index contributed by atoms with van der Waals surface area (Å²) >= 11 is 0. The van der Waals surface area contributed by atoms with Gasteiger partial charge in [-0.3, -0.25) is 4.79 Å². The average molecular weight is 266 g/mol. The van der Waals surface area contributed by atoms with E-state index in [0.29, 0.717) is 11.0 Å². The standard InChI is InChI=1S/C17H11FO2/c1-3-13-16(19)14-8-11-6-4-5-7-12(11)9-15(14)20-17(13)10(2)18/h3-9H,1-2H2. The van der Waals surface area contributed by atoms with Crippen LogP contribution in [0.4, 0.5) is 4.39 Å². The van der Waals surface area contributed by atoms with E-state index in [0.717, 1.165) is 10.8 Å². The van der Waals surface area contributed by atoms with Crippen molar-refractivity contribution in [1.29, 1.82) is 0 Å². The molecule has 98 valence electrons. The molecule has 3 aromatic rings. The summed E-state index contributed by atoms with van der Waals surface area (Å²) in [5.74, 6) is -0.945. The maximum absolute atomic E-state index is 13.4. The molecule has 2 nitrogen and oxygen atoms in total. The number of rotatable bonds is 2. The number of fused-ring (bicyclic) bond motifs is 2. The Morgan fingerprint density at radius 3 is 2.45 bits per heavy atom. The summed E-state index contributed by atoms with van der Waals surface area (Å²) in [6.07, 6.45) is 1.29. The highest BCUT2D eigenvalue weighted by atomic mass is 19.1. The molecule has 2 aromatic carbocycles. The molecule has 1 aromatic heterocycles. The first-order valence-electron chi connectivity index (χ1n) is 6.08. The predicted octanol–water partition coefficient (Wildman–Crippen LogP) is 4.53. The molecule has 0 aliphatic heterocycles. The fourth-order valence-corrected chi connectivity index (χ4v) is 2.28. The van der Waals surface area contributed by atoms with Gasteiger partial charge in [0.05, 0.1) is 10.9 Å². The van der Waals surface area contributed by atoms with Crippen LogP contribution < -0.4 is 5.43 Å². The van der Waals surface area contributed by atoms with E-state index in [1.54, 1.807) is 12.1 Å². The molecular weight excluding hydrogens is 255 g/mol. The summed E-state index contributed by atoms with van der Waals surface area (Å²) in [7, 11) is 0. The molecule has 0 aliphatic rings. The second kappa shape index (κ2) is 4.46. The Balaban J connectivity index is 2.53. The number of benzene rings is 2. The van der Waals surface area contributed by atoms with Gasteiger partial charge in [-0.05, 0) is 22.9 Å². The molecule has 3 heteroatoms. The third-order valence-electron chi connectivity index (χ3n) is 3.24. The lowest BCUT2D eigenvalue weighted by molar-refractivity contribution is 0.558. The fourth-order valence-electron chi connectivity index (χ4n) is 2.28.